The molecule has 0 aliphatic heterocycles. The van der Waals surface area contributed by atoms with Crippen LogP contribution in [0.25, 0.3) is 0 Å². The molecule has 0 aromatic heterocycles. The predicted octanol–water partition coefficient (Wildman–Crippen LogP) is 1.14. The molecule has 3 heteroatoms. The molecule has 15 heavy (non-hydrogen) atoms. The van der Waals surface area contributed by atoms with Crippen LogP contribution in [0.5, 0.6) is 0 Å². The third kappa shape index (κ3) is 4.13. The second kappa shape index (κ2) is 6.19. The lowest BCUT2D eigenvalue weighted by Crippen LogP contribution is -2.31. The van der Waals surface area contributed by atoms with Gasteiger partial charge in [-0.25, -0.2) is 0 Å². The van der Waals surface area contributed by atoms with Crippen molar-refractivity contribution in [3.8, 4) is 0 Å². The van der Waals surface area contributed by atoms with E-state index in [-0.39, 0.29) is 12.5 Å². The fourth-order valence-corrected chi connectivity index (χ4v) is 1.35. The highest BCUT2D eigenvalue weighted by Crippen LogP contribution is 2.12. The number of amides is 1. The number of nitrogens with two attached hydrogens (primary N) is 1. The lowest BCUT2D eigenvalue weighted by Gasteiger charge is -2.03. The molecule has 1 aliphatic carbocycles. The zero-order valence-corrected chi connectivity index (χ0v) is 9.07. The molecule has 3 N–H and O–H groups in total. The fourth-order valence-electron chi connectivity index (χ4n) is 1.35. The molecule has 0 saturated carbocycles. The molecule has 82 valence electrons. The van der Waals surface area contributed by atoms with Gasteiger partial charge in [0.25, 0.3) is 0 Å². The number of nitrogens with one attached hydrogen (secondary N) is 1. The topological polar surface area (TPSA) is 55.1 Å². The second-order valence-corrected chi connectivity index (χ2v) is 3.54. The van der Waals surface area contributed by atoms with Crippen molar-refractivity contribution in [2.45, 2.75) is 13.3 Å². The molecule has 1 rings (SSSR count). The van der Waals surface area contributed by atoms with Crippen LogP contribution in [-0.4, -0.2) is 19.0 Å². The van der Waals surface area contributed by atoms with Crippen molar-refractivity contribution in [1.82, 2.24) is 5.32 Å². The first kappa shape index (κ1) is 11.7. The van der Waals surface area contributed by atoms with Gasteiger partial charge in [0.1, 0.15) is 0 Å². The van der Waals surface area contributed by atoms with Crippen molar-refractivity contribution in [1.29, 1.82) is 0 Å². The van der Waals surface area contributed by atoms with Crippen LogP contribution in [0, 0.1) is 5.92 Å². The molecule has 0 aromatic carbocycles. The van der Waals surface area contributed by atoms with Crippen LogP contribution < -0.4 is 11.1 Å². The van der Waals surface area contributed by atoms with Gasteiger partial charge in [0.15, 0.2) is 0 Å². The van der Waals surface area contributed by atoms with E-state index in [1.54, 1.807) is 0 Å². The van der Waals surface area contributed by atoms with Crippen LogP contribution in [-0.2, 0) is 4.79 Å². The van der Waals surface area contributed by atoms with Crippen LogP contribution >= 0.6 is 0 Å². The molecular formula is C12H18N2O. The van der Waals surface area contributed by atoms with Crippen LogP contribution in [0.2, 0.25) is 0 Å². The van der Waals surface area contributed by atoms with Gasteiger partial charge in [0, 0.05) is 6.54 Å². The van der Waals surface area contributed by atoms with Gasteiger partial charge in [-0.15, -0.1) is 0 Å². The van der Waals surface area contributed by atoms with E-state index in [4.69, 9.17) is 5.73 Å². The summed E-state index contributed by atoms with van der Waals surface area (Å²) in [6.45, 7) is 2.75. The van der Waals surface area contributed by atoms with E-state index in [0.717, 1.165) is 12.0 Å². The highest BCUT2D eigenvalue weighted by atomic mass is 16.1. The van der Waals surface area contributed by atoms with E-state index in [2.05, 4.69) is 30.5 Å². The Balaban J connectivity index is 2.47. The molecule has 0 fully saturated rings. The Hall–Kier alpha value is -1.35. The van der Waals surface area contributed by atoms with E-state index >= 15 is 0 Å². The normalized spacial score (nSPS) is 19.6. The summed E-state index contributed by atoms with van der Waals surface area (Å²) in [4.78, 5) is 11.0. The van der Waals surface area contributed by atoms with Crippen LogP contribution in [0.1, 0.15) is 13.3 Å². The van der Waals surface area contributed by atoms with Gasteiger partial charge in [-0.2, -0.15) is 0 Å². The summed E-state index contributed by atoms with van der Waals surface area (Å²) >= 11 is 0. The van der Waals surface area contributed by atoms with Crippen molar-refractivity contribution in [3.05, 3.63) is 36.0 Å². The number of allylic oxidation sites excluding steroid dienone is 4. The summed E-state index contributed by atoms with van der Waals surface area (Å²) in [6, 6.07) is 0. The van der Waals surface area contributed by atoms with Gasteiger partial charge in [-0.3, -0.25) is 4.79 Å². The van der Waals surface area contributed by atoms with Gasteiger partial charge >= 0.3 is 0 Å². The predicted molar refractivity (Wildman–Crippen MR) is 62.2 cm³/mol. The number of hydrogen-bond acceptors (Lipinski definition) is 2. The minimum absolute atomic E-state index is 0.0461. The van der Waals surface area contributed by atoms with E-state index in [1.165, 1.54) is 0 Å². The first-order valence-electron chi connectivity index (χ1n) is 5.28. The second-order valence-electron chi connectivity index (χ2n) is 3.54. The molecule has 0 radical (unpaired) electrons. The maximum atomic E-state index is 11.0. The van der Waals surface area contributed by atoms with E-state index < -0.39 is 0 Å². The Morgan fingerprint density at radius 1 is 1.53 bits per heavy atom. The van der Waals surface area contributed by atoms with Crippen LogP contribution in [0.3, 0.4) is 0 Å². The van der Waals surface area contributed by atoms with E-state index in [1.807, 2.05) is 12.2 Å². The first-order valence-corrected chi connectivity index (χ1v) is 5.28. The molecule has 1 atom stereocenters. The molecule has 3 nitrogen and oxygen atoms in total. The maximum Gasteiger partial charge on any atom is 0.234 e. The molecule has 0 aromatic rings. The zero-order chi connectivity index (χ0) is 11.1. The Kier molecular flexibility index (Phi) is 4.84. The maximum absolute atomic E-state index is 11.0. The summed E-state index contributed by atoms with van der Waals surface area (Å²) < 4.78 is 0. The van der Waals surface area contributed by atoms with E-state index in [9.17, 15) is 4.79 Å². The Morgan fingerprint density at radius 2 is 2.33 bits per heavy atom. The lowest BCUT2D eigenvalue weighted by molar-refractivity contribution is -0.119. The number of carbonyl (C=O) groups is 1. The Labute approximate surface area is 90.7 Å². The number of hydrogen-bond donors (Lipinski definition) is 2. The number of rotatable bonds is 4. The standard InChI is InChI=1S/C12H18N2O/c1-2-10-4-3-5-11(7-6-10)9-14-12(15)8-13/h3-7,10H,2,8-9,13H2,1H3,(H,14,15). The Bertz CT molecular complexity index is 303. The molecule has 0 heterocycles. The van der Waals surface area contributed by atoms with Crippen LogP contribution in [0.15, 0.2) is 36.0 Å². The lowest BCUT2D eigenvalue weighted by atomic mass is 10.1. The molecule has 0 spiro atoms. The molecular weight excluding hydrogens is 188 g/mol. The SMILES string of the molecule is CCC1C=CC=C(CNC(=O)CN)C=C1. The van der Waals surface area contributed by atoms with Crippen molar-refractivity contribution in [2.75, 3.05) is 13.1 Å². The fraction of sp³-hybridized carbons (Fsp3) is 0.417. The van der Waals surface area contributed by atoms with Gasteiger partial charge in [-0.05, 0) is 17.9 Å². The quantitative estimate of drug-likeness (QED) is 0.724. The summed E-state index contributed by atoms with van der Waals surface area (Å²) in [7, 11) is 0. The molecule has 0 bridgehead atoms. The summed E-state index contributed by atoms with van der Waals surface area (Å²) in [5.74, 6) is 0.383. The van der Waals surface area contributed by atoms with E-state index in [0.29, 0.717) is 12.5 Å². The van der Waals surface area contributed by atoms with Crippen molar-refractivity contribution < 1.29 is 4.79 Å². The van der Waals surface area contributed by atoms with Crippen molar-refractivity contribution >= 4 is 5.91 Å². The summed E-state index contributed by atoms with van der Waals surface area (Å²) in [5, 5.41) is 2.75. The zero-order valence-electron chi connectivity index (χ0n) is 9.07. The summed E-state index contributed by atoms with van der Waals surface area (Å²) in [6.07, 6.45) is 11.5. The highest BCUT2D eigenvalue weighted by Gasteiger charge is 2.01. The van der Waals surface area contributed by atoms with Crippen molar-refractivity contribution in [3.63, 3.8) is 0 Å². The smallest absolute Gasteiger partial charge is 0.234 e. The monoisotopic (exact) mass is 206 g/mol. The largest absolute Gasteiger partial charge is 0.351 e. The molecule has 1 unspecified atom stereocenters. The van der Waals surface area contributed by atoms with Crippen molar-refractivity contribution in [2.24, 2.45) is 11.7 Å². The van der Waals surface area contributed by atoms with Crippen LogP contribution in [0.4, 0.5) is 0 Å². The third-order valence-corrected chi connectivity index (χ3v) is 2.37. The molecule has 1 aliphatic rings. The highest BCUT2D eigenvalue weighted by molar-refractivity contribution is 5.78. The van der Waals surface area contributed by atoms with Gasteiger partial charge in [-0.1, -0.05) is 37.3 Å². The minimum Gasteiger partial charge on any atom is -0.351 e. The van der Waals surface area contributed by atoms with Gasteiger partial charge in [0.05, 0.1) is 6.54 Å². The Morgan fingerprint density at radius 3 is 3.00 bits per heavy atom. The summed E-state index contributed by atoms with van der Waals surface area (Å²) in [5.41, 5.74) is 6.30. The first-order chi connectivity index (χ1) is 7.26. The van der Waals surface area contributed by atoms with Gasteiger partial charge in [0.2, 0.25) is 5.91 Å². The average Bonchev–Trinajstić information content (AvgIpc) is 2.50. The van der Waals surface area contributed by atoms with Gasteiger partial charge < -0.3 is 11.1 Å². The number of carbonyl (C=O) groups excluding carboxylic acids is 1. The molecule has 0 saturated heterocycles. The molecule has 1 amide bonds. The minimum atomic E-state index is -0.121. The third-order valence-electron chi connectivity index (χ3n) is 2.37. The average molecular weight is 206 g/mol.